The minimum absolute atomic E-state index is 0. The maximum Gasteiger partial charge on any atom is 0.416 e. The lowest BCUT2D eigenvalue weighted by Gasteiger charge is -2.25. The number of amides is 1. The van der Waals surface area contributed by atoms with Crippen molar-refractivity contribution in [3.05, 3.63) is 35.4 Å². The summed E-state index contributed by atoms with van der Waals surface area (Å²) in [6.07, 6.45) is -2.71. The number of alkyl halides is 3. The summed E-state index contributed by atoms with van der Waals surface area (Å²) in [4.78, 5) is 19.9. The number of hydrogen-bond acceptors (Lipinski definition) is 2. The lowest BCUT2D eigenvalue weighted by molar-refractivity contribution is -0.137. The molecule has 1 fully saturated rings. The van der Waals surface area contributed by atoms with Crippen LogP contribution in [0.3, 0.4) is 0 Å². The van der Waals surface area contributed by atoms with E-state index in [9.17, 15) is 18.0 Å². The number of nitrogens with zero attached hydrogens (tertiary/aromatic N) is 3. The number of hydrogen-bond donors (Lipinski definition) is 1. The van der Waals surface area contributed by atoms with Gasteiger partial charge in [0.25, 0.3) is 0 Å². The molecule has 1 amide bonds. The SMILES string of the molecule is CCC(C)NC(=NCC(=O)N(C)C)N1CCC(c2cccc(C(F)(F)F)c2)C1.I. The highest BCUT2D eigenvalue weighted by molar-refractivity contribution is 14.0. The molecular formula is C20H30F3IN4O. The van der Waals surface area contributed by atoms with Crippen LogP contribution in [0.2, 0.25) is 0 Å². The van der Waals surface area contributed by atoms with E-state index in [0.717, 1.165) is 18.9 Å². The Morgan fingerprint density at radius 1 is 1.38 bits per heavy atom. The second-order valence-corrected chi connectivity index (χ2v) is 7.44. The number of carbonyl (C=O) groups excluding carboxylic acids is 1. The third-order valence-electron chi connectivity index (χ3n) is 5.02. The van der Waals surface area contributed by atoms with E-state index in [4.69, 9.17) is 0 Å². The first-order valence-electron chi connectivity index (χ1n) is 9.55. The van der Waals surface area contributed by atoms with Crippen molar-refractivity contribution in [1.29, 1.82) is 0 Å². The van der Waals surface area contributed by atoms with Crippen molar-refractivity contribution in [3.8, 4) is 0 Å². The monoisotopic (exact) mass is 526 g/mol. The van der Waals surface area contributed by atoms with E-state index < -0.39 is 11.7 Å². The van der Waals surface area contributed by atoms with E-state index in [-0.39, 0.29) is 48.4 Å². The van der Waals surface area contributed by atoms with Gasteiger partial charge in [0.05, 0.1) is 5.56 Å². The molecule has 0 radical (unpaired) electrons. The summed E-state index contributed by atoms with van der Waals surface area (Å²) >= 11 is 0. The van der Waals surface area contributed by atoms with Gasteiger partial charge in [-0.25, -0.2) is 4.99 Å². The van der Waals surface area contributed by atoms with Crippen LogP contribution in [0.4, 0.5) is 13.2 Å². The number of nitrogens with one attached hydrogen (secondary N) is 1. The zero-order valence-corrected chi connectivity index (χ0v) is 19.6. The summed E-state index contributed by atoms with van der Waals surface area (Å²) < 4.78 is 39.0. The highest BCUT2D eigenvalue weighted by Crippen LogP contribution is 2.33. The lowest BCUT2D eigenvalue weighted by Crippen LogP contribution is -2.44. The summed E-state index contributed by atoms with van der Waals surface area (Å²) in [5.74, 6) is 0.534. The Morgan fingerprint density at radius 2 is 2.07 bits per heavy atom. The van der Waals surface area contributed by atoms with E-state index >= 15 is 0 Å². The fourth-order valence-electron chi connectivity index (χ4n) is 3.04. The molecule has 1 aromatic carbocycles. The average molecular weight is 526 g/mol. The zero-order valence-electron chi connectivity index (χ0n) is 17.3. The first-order valence-corrected chi connectivity index (χ1v) is 9.55. The second kappa shape index (κ2) is 11.0. The van der Waals surface area contributed by atoms with Gasteiger partial charge >= 0.3 is 6.18 Å². The molecule has 29 heavy (non-hydrogen) atoms. The van der Waals surface area contributed by atoms with Gasteiger partial charge in [-0.3, -0.25) is 4.79 Å². The molecule has 1 saturated heterocycles. The molecule has 1 heterocycles. The van der Waals surface area contributed by atoms with Crippen LogP contribution < -0.4 is 5.32 Å². The molecular weight excluding hydrogens is 496 g/mol. The molecule has 1 aromatic rings. The number of carbonyl (C=O) groups is 1. The van der Waals surface area contributed by atoms with Crippen molar-refractivity contribution in [3.63, 3.8) is 0 Å². The maximum atomic E-state index is 13.0. The molecule has 5 nitrogen and oxygen atoms in total. The average Bonchev–Trinajstić information content (AvgIpc) is 3.14. The number of likely N-dealkylation sites (tertiary alicyclic amines) is 1. The van der Waals surface area contributed by atoms with E-state index in [2.05, 4.69) is 17.2 Å². The van der Waals surface area contributed by atoms with Crippen molar-refractivity contribution in [2.75, 3.05) is 33.7 Å². The number of halogens is 4. The Bertz CT molecular complexity index is 709. The van der Waals surface area contributed by atoms with Crippen molar-refractivity contribution >= 4 is 35.8 Å². The van der Waals surface area contributed by atoms with Crippen LogP contribution >= 0.6 is 24.0 Å². The fourth-order valence-corrected chi connectivity index (χ4v) is 3.04. The van der Waals surface area contributed by atoms with Crippen molar-refractivity contribution in [1.82, 2.24) is 15.1 Å². The van der Waals surface area contributed by atoms with Crippen LogP contribution in [-0.4, -0.2) is 61.4 Å². The van der Waals surface area contributed by atoms with Crippen LogP contribution in [0.5, 0.6) is 0 Å². The quantitative estimate of drug-likeness (QED) is 0.359. The topological polar surface area (TPSA) is 47.9 Å². The summed E-state index contributed by atoms with van der Waals surface area (Å²) in [7, 11) is 3.36. The highest BCUT2D eigenvalue weighted by Gasteiger charge is 2.32. The van der Waals surface area contributed by atoms with Crippen LogP contribution in [0.25, 0.3) is 0 Å². The minimum Gasteiger partial charge on any atom is -0.354 e. The summed E-state index contributed by atoms with van der Waals surface area (Å²) in [6.45, 7) is 5.37. The highest BCUT2D eigenvalue weighted by atomic mass is 127. The van der Waals surface area contributed by atoms with Gasteiger partial charge in [-0.05, 0) is 31.4 Å². The molecule has 0 aromatic heterocycles. The molecule has 2 rings (SSSR count). The molecule has 0 bridgehead atoms. The number of rotatable bonds is 5. The number of benzene rings is 1. The summed E-state index contributed by atoms with van der Waals surface area (Å²) in [5.41, 5.74) is 0.0660. The first-order chi connectivity index (χ1) is 13.1. The van der Waals surface area contributed by atoms with E-state index in [1.807, 2.05) is 11.8 Å². The molecule has 1 aliphatic heterocycles. The van der Waals surface area contributed by atoms with E-state index in [1.54, 1.807) is 20.2 Å². The zero-order chi connectivity index (χ0) is 20.9. The van der Waals surface area contributed by atoms with Crippen molar-refractivity contribution in [2.45, 2.75) is 44.8 Å². The Morgan fingerprint density at radius 3 is 2.66 bits per heavy atom. The van der Waals surface area contributed by atoms with Crippen LogP contribution in [0.1, 0.15) is 43.7 Å². The second-order valence-electron chi connectivity index (χ2n) is 7.44. The first kappa shape index (κ1) is 25.5. The van der Waals surface area contributed by atoms with Crippen LogP contribution in [-0.2, 0) is 11.0 Å². The molecule has 1 aliphatic rings. The Balaban J connectivity index is 0.00000420. The smallest absolute Gasteiger partial charge is 0.354 e. The van der Waals surface area contributed by atoms with Gasteiger partial charge in [0.1, 0.15) is 6.54 Å². The Labute approximate surface area is 187 Å². The predicted octanol–water partition coefficient (Wildman–Crippen LogP) is 3.95. The standard InChI is InChI=1S/C20H29F3N4O.HI/c1-5-14(2)25-19(24-12-18(28)26(3)4)27-10-9-16(13-27)15-7-6-8-17(11-15)20(21,22)23;/h6-8,11,14,16H,5,9-10,12-13H2,1-4H3,(H,24,25);1H. The third-order valence-corrected chi connectivity index (χ3v) is 5.02. The van der Waals surface area contributed by atoms with Gasteiger partial charge < -0.3 is 15.1 Å². The van der Waals surface area contributed by atoms with Gasteiger partial charge in [0, 0.05) is 39.1 Å². The largest absolute Gasteiger partial charge is 0.416 e. The maximum absolute atomic E-state index is 13.0. The molecule has 9 heteroatoms. The Hall–Kier alpha value is -1.52. The molecule has 164 valence electrons. The summed E-state index contributed by atoms with van der Waals surface area (Å²) in [6, 6.07) is 5.73. The predicted molar refractivity (Wildman–Crippen MR) is 120 cm³/mol. The third kappa shape index (κ3) is 7.35. The van der Waals surface area contributed by atoms with Crippen LogP contribution in [0.15, 0.2) is 29.3 Å². The molecule has 1 N–H and O–H groups in total. The lowest BCUT2D eigenvalue weighted by atomic mass is 9.96. The van der Waals surface area contributed by atoms with Crippen LogP contribution in [0, 0.1) is 0 Å². The van der Waals surface area contributed by atoms with Gasteiger partial charge in [-0.1, -0.05) is 25.1 Å². The molecule has 0 saturated carbocycles. The molecule has 2 unspecified atom stereocenters. The number of likely N-dealkylation sites (N-methyl/N-ethyl adjacent to an activating group) is 1. The summed E-state index contributed by atoms with van der Waals surface area (Å²) in [5, 5.41) is 3.34. The molecule has 2 atom stereocenters. The van der Waals surface area contributed by atoms with Gasteiger partial charge in [-0.2, -0.15) is 13.2 Å². The van der Waals surface area contributed by atoms with E-state index in [1.165, 1.54) is 17.0 Å². The molecule has 0 aliphatic carbocycles. The Kier molecular flexibility index (Phi) is 9.70. The van der Waals surface area contributed by atoms with Crippen molar-refractivity contribution in [2.24, 2.45) is 4.99 Å². The van der Waals surface area contributed by atoms with Gasteiger partial charge in [-0.15, -0.1) is 24.0 Å². The van der Waals surface area contributed by atoms with E-state index in [0.29, 0.717) is 24.6 Å². The minimum atomic E-state index is -4.34. The number of guanidine groups is 1. The fraction of sp³-hybridized carbons (Fsp3) is 0.600. The normalized spacial score (nSPS) is 18.2. The number of aliphatic imine (C=N–C) groups is 1. The molecule has 0 spiro atoms. The van der Waals surface area contributed by atoms with Crippen molar-refractivity contribution < 1.29 is 18.0 Å². The van der Waals surface area contributed by atoms with Gasteiger partial charge in [0.2, 0.25) is 5.91 Å². The van der Waals surface area contributed by atoms with Gasteiger partial charge in [0.15, 0.2) is 5.96 Å².